The summed E-state index contributed by atoms with van der Waals surface area (Å²) in [4.78, 5) is 33.0. The highest BCUT2D eigenvalue weighted by molar-refractivity contribution is 5.85. The van der Waals surface area contributed by atoms with Crippen LogP contribution in [0.2, 0.25) is 0 Å². The molecular weight excluding hydrogens is 196 g/mol. The summed E-state index contributed by atoms with van der Waals surface area (Å²) in [5.74, 6) is -0.729. The van der Waals surface area contributed by atoms with Gasteiger partial charge < -0.3 is 9.53 Å². The minimum Gasteiger partial charge on any atom is -0.466 e. The second-order valence-electron chi connectivity index (χ2n) is 3.56. The molecule has 86 valence electrons. The summed E-state index contributed by atoms with van der Waals surface area (Å²) in [6.07, 6.45) is 0.813. The van der Waals surface area contributed by atoms with Gasteiger partial charge >= 0.3 is 5.97 Å². The molecule has 0 radical (unpaired) electrons. The molecule has 0 spiro atoms. The van der Waals surface area contributed by atoms with Crippen LogP contribution >= 0.6 is 0 Å². The van der Waals surface area contributed by atoms with Gasteiger partial charge in [-0.05, 0) is 27.2 Å². The van der Waals surface area contributed by atoms with Gasteiger partial charge in [0.05, 0.1) is 6.61 Å². The van der Waals surface area contributed by atoms with E-state index in [1.807, 2.05) is 0 Å². The molecule has 0 N–H and O–H groups in total. The number of Topliss-reactive ketones (excluding diaryl/α,β-unsaturated/α-hetero) is 2. The van der Waals surface area contributed by atoms with Crippen molar-refractivity contribution in [1.29, 1.82) is 0 Å². The molecule has 0 aromatic rings. The van der Waals surface area contributed by atoms with Gasteiger partial charge in [0.15, 0.2) is 0 Å². The molecule has 0 fully saturated rings. The van der Waals surface area contributed by atoms with E-state index in [0.29, 0.717) is 13.0 Å². The maximum Gasteiger partial charge on any atom is 0.305 e. The number of hydrogen-bond donors (Lipinski definition) is 0. The number of ketones is 2. The fourth-order valence-electron chi connectivity index (χ4n) is 1.32. The van der Waals surface area contributed by atoms with E-state index in [4.69, 9.17) is 4.74 Å². The zero-order valence-corrected chi connectivity index (χ0v) is 9.54. The smallest absolute Gasteiger partial charge is 0.305 e. The van der Waals surface area contributed by atoms with Crippen LogP contribution in [0.25, 0.3) is 0 Å². The third kappa shape index (κ3) is 6.82. The van der Waals surface area contributed by atoms with Gasteiger partial charge in [-0.15, -0.1) is 0 Å². The van der Waals surface area contributed by atoms with Crippen LogP contribution in [-0.4, -0.2) is 24.1 Å². The Morgan fingerprint density at radius 2 is 1.80 bits per heavy atom. The highest BCUT2D eigenvalue weighted by Gasteiger charge is 2.17. The predicted molar refractivity (Wildman–Crippen MR) is 55.3 cm³/mol. The summed E-state index contributed by atoms with van der Waals surface area (Å²) in [7, 11) is 0. The highest BCUT2D eigenvalue weighted by atomic mass is 16.5. The largest absolute Gasteiger partial charge is 0.466 e. The highest BCUT2D eigenvalue weighted by Crippen LogP contribution is 2.13. The lowest BCUT2D eigenvalue weighted by Gasteiger charge is -2.10. The number of rotatable bonds is 7. The summed E-state index contributed by atoms with van der Waals surface area (Å²) >= 11 is 0. The van der Waals surface area contributed by atoms with E-state index < -0.39 is 0 Å². The molecule has 4 heteroatoms. The van der Waals surface area contributed by atoms with E-state index in [1.165, 1.54) is 13.8 Å². The predicted octanol–water partition coefficient (Wildman–Crippen LogP) is 1.51. The number of carbonyl (C=O) groups is 3. The van der Waals surface area contributed by atoms with Crippen LogP contribution in [0.4, 0.5) is 0 Å². The zero-order chi connectivity index (χ0) is 11.8. The molecule has 0 heterocycles. The first-order valence-corrected chi connectivity index (χ1v) is 5.12. The molecule has 0 bridgehead atoms. The van der Waals surface area contributed by atoms with E-state index >= 15 is 0 Å². The van der Waals surface area contributed by atoms with E-state index in [9.17, 15) is 14.4 Å². The van der Waals surface area contributed by atoms with Gasteiger partial charge in [-0.3, -0.25) is 9.59 Å². The van der Waals surface area contributed by atoms with Crippen LogP contribution in [0.15, 0.2) is 0 Å². The zero-order valence-electron chi connectivity index (χ0n) is 9.54. The first-order chi connectivity index (χ1) is 6.97. The van der Waals surface area contributed by atoms with Gasteiger partial charge in [0, 0.05) is 18.8 Å². The fourth-order valence-corrected chi connectivity index (χ4v) is 1.32. The van der Waals surface area contributed by atoms with Crippen molar-refractivity contribution in [2.24, 2.45) is 5.92 Å². The Bertz CT molecular complexity index is 245. The SMILES string of the molecule is CCOC(=O)CCC(CC(C)=O)C(C)=O. The van der Waals surface area contributed by atoms with Crippen molar-refractivity contribution in [2.75, 3.05) is 6.61 Å². The van der Waals surface area contributed by atoms with Crippen molar-refractivity contribution in [3.63, 3.8) is 0 Å². The van der Waals surface area contributed by atoms with Gasteiger partial charge in [-0.25, -0.2) is 0 Å². The van der Waals surface area contributed by atoms with Crippen molar-refractivity contribution in [3.05, 3.63) is 0 Å². The molecule has 0 saturated carbocycles. The van der Waals surface area contributed by atoms with E-state index in [0.717, 1.165) is 0 Å². The first kappa shape index (κ1) is 13.8. The van der Waals surface area contributed by atoms with Crippen LogP contribution < -0.4 is 0 Å². The van der Waals surface area contributed by atoms with Gasteiger partial charge in [0.2, 0.25) is 0 Å². The summed E-state index contributed by atoms with van der Waals surface area (Å²) in [6.45, 7) is 4.96. The Balaban J connectivity index is 4.01. The molecule has 1 atom stereocenters. The Morgan fingerprint density at radius 3 is 2.20 bits per heavy atom. The molecule has 0 amide bonds. The minimum atomic E-state index is -0.341. The third-order valence-electron chi connectivity index (χ3n) is 2.11. The molecule has 0 aromatic carbocycles. The summed E-state index contributed by atoms with van der Waals surface area (Å²) < 4.78 is 4.74. The number of hydrogen-bond acceptors (Lipinski definition) is 4. The van der Waals surface area contributed by atoms with Gasteiger partial charge in [0.1, 0.15) is 11.6 Å². The summed E-state index contributed by atoms with van der Waals surface area (Å²) in [6, 6.07) is 0. The molecular formula is C11H18O4. The van der Waals surface area contributed by atoms with E-state index in [2.05, 4.69) is 0 Å². The molecule has 1 unspecified atom stereocenters. The lowest BCUT2D eigenvalue weighted by molar-refractivity contribution is -0.143. The maximum atomic E-state index is 11.1. The van der Waals surface area contributed by atoms with Crippen LogP contribution in [0, 0.1) is 5.92 Å². The van der Waals surface area contributed by atoms with Gasteiger partial charge in [-0.2, -0.15) is 0 Å². The van der Waals surface area contributed by atoms with E-state index in [1.54, 1.807) is 6.92 Å². The van der Waals surface area contributed by atoms with Gasteiger partial charge in [-0.1, -0.05) is 0 Å². The summed E-state index contributed by atoms with van der Waals surface area (Å²) in [5.41, 5.74) is 0. The molecule has 0 rings (SSSR count). The van der Waals surface area contributed by atoms with E-state index in [-0.39, 0.29) is 36.3 Å². The Morgan fingerprint density at radius 1 is 1.20 bits per heavy atom. The van der Waals surface area contributed by atoms with Gasteiger partial charge in [0.25, 0.3) is 0 Å². The Hall–Kier alpha value is -1.19. The van der Waals surface area contributed by atoms with Crippen LogP contribution in [0.3, 0.4) is 0 Å². The number of carbonyl (C=O) groups excluding carboxylic acids is 3. The lowest BCUT2D eigenvalue weighted by Crippen LogP contribution is -2.16. The average Bonchev–Trinajstić information content (AvgIpc) is 2.11. The Labute approximate surface area is 90.0 Å². The molecule has 15 heavy (non-hydrogen) atoms. The molecule has 0 saturated heterocycles. The second-order valence-corrected chi connectivity index (χ2v) is 3.56. The normalized spacial score (nSPS) is 11.9. The van der Waals surface area contributed by atoms with Crippen molar-refractivity contribution in [2.45, 2.75) is 40.0 Å². The topological polar surface area (TPSA) is 60.4 Å². The van der Waals surface area contributed by atoms with Crippen molar-refractivity contribution in [3.8, 4) is 0 Å². The monoisotopic (exact) mass is 214 g/mol. The van der Waals surface area contributed by atoms with Crippen LogP contribution in [0.5, 0.6) is 0 Å². The van der Waals surface area contributed by atoms with Crippen molar-refractivity contribution < 1.29 is 19.1 Å². The van der Waals surface area contributed by atoms with Crippen molar-refractivity contribution in [1.82, 2.24) is 0 Å². The third-order valence-corrected chi connectivity index (χ3v) is 2.11. The Kier molecular flexibility index (Phi) is 6.58. The van der Waals surface area contributed by atoms with Crippen LogP contribution in [-0.2, 0) is 19.1 Å². The molecule has 4 nitrogen and oxygen atoms in total. The molecule has 0 aliphatic heterocycles. The quantitative estimate of drug-likeness (QED) is 0.603. The maximum absolute atomic E-state index is 11.1. The minimum absolute atomic E-state index is 0.0286. The van der Waals surface area contributed by atoms with Crippen LogP contribution in [0.1, 0.15) is 40.0 Å². The average molecular weight is 214 g/mol. The molecule has 0 aliphatic rings. The fraction of sp³-hybridized carbons (Fsp3) is 0.727. The first-order valence-electron chi connectivity index (χ1n) is 5.12. The number of ether oxygens (including phenoxy) is 1. The lowest BCUT2D eigenvalue weighted by atomic mass is 9.94. The van der Waals surface area contributed by atoms with Crippen molar-refractivity contribution >= 4 is 17.5 Å². The standard InChI is InChI=1S/C11H18O4/c1-4-15-11(14)6-5-10(9(3)13)7-8(2)12/h10H,4-7H2,1-3H3. The number of esters is 1. The second kappa shape index (κ2) is 7.15. The summed E-state index contributed by atoms with van der Waals surface area (Å²) in [5, 5.41) is 0. The molecule has 0 aromatic heterocycles. The molecule has 0 aliphatic carbocycles.